The lowest BCUT2D eigenvalue weighted by Crippen LogP contribution is -2.05. The average molecular weight is 256 g/mol. The fourth-order valence-corrected chi connectivity index (χ4v) is 2.68. The molecule has 98 valence electrons. The Morgan fingerprint density at radius 2 is 2.11 bits per heavy atom. The zero-order chi connectivity index (χ0) is 13.0. The summed E-state index contributed by atoms with van der Waals surface area (Å²) in [5, 5.41) is 9.13. The molecule has 19 heavy (non-hydrogen) atoms. The van der Waals surface area contributed by atoms with Crippen LogP contribution in [0.1, 0.15) is 47.8 Å². The first-order valence-corrected chi connectivity index (χ1v) is 6.96. The molecule has 4 heteroatoms. The van der Waals surface area contributed by atoms with E-state index in [0.717, 1.165) is 23.5 Å². The number of hydrogen-bond acceptors (Lipinski definition) is 2. The number of nitrogens with zero attached hydrogens (tertiary/aromatic N) is 2. The summed E-state index contributed by atoms with van der Waals surface area (Å²) in [6, 6.07) is 5.27. The van der Waals surface area contributed by atoms with E-state index < -0.39 is 5.97 Å². The van der Waals surface area contributed by atoms with Gasteiger partial charge in [-0.15, -0.1) is 0 Å². The first-order chi connectivity index (χ1) is 9.22. The lowest BCUT2D eigenvalue weighted by molar-refractivity contribution is 0.0697. The van der Waals surface area contributed by atoms with E-state index in [1.54, 1.807) is 12.1 Å². The Bertz CT molecular complexity index is 666. The zero-order valence-corrected chi connectivity index (χ0v) is 10.7. The van der Waals surface area contributed by atoms with Gasteiger partial charge in [0.2, 0.25) is 0 Å². The van der Waals surface area contributed by atoms with Crippen LogP contribution in [0.4, 0.5) is 0 Å². The Hall–Kier alpha value is -1.84. The number of rotatable bonds is 4. The van der Waals surface area contributed by atoms with Gasteiger partial charge in [0.15, 0.2) is 0 Å². The molecule has 2 saturated carbocycles. The molecule has 1 aromatic carbocycles. The molecule has 2 aliphatic rings. The van der Waals surface area contributed by atoms with Gasteiger partial charge in [0.05, 0.1) is 16.6 Å². The molecule has 0 radical (unpaired) electrons. The van der Waals surface area contributed by atoms with E-state index in [1.165, 1.54) is 31.5 Å². The highest BCUT2D eigenvalue weighted by Crippen LogP contribution is 2.42. The van der Waals surface area contributed by atoms with E-state index >= 15 is 0 Å². The summed E-state index contributed by atoms with van der Waals surface area (Å²) >= 11 is 0. The van der Waals surface area contributed by atoms with Crippen LogP contribution in [0.3, 0.4) is 0 Å². The number of carboxylic acids is 1. The minimum Gasteiger partial charge on any atom is -0.478 e. The molecule has 1 N–H and O–H groups in total. The molecule has 0 spiro atoms. The zero-order valence-electron chi connectivity index (χ0n) is 10.7. The molecular weight excluding hydrogens is 240 g/mol. The van der Waals surface area contributed by atoms with Crippen LogP contribution in [0, 0.1) is 5.92 Å². The highest BCUT2D eigenvalue weighted by molar-refractivity contribution is 5.92. The van der Waals surface area contributed by atoms with Crippen molar-refractivity contribution in [1.82, 2.24) is 9.55 Å². The second kappa shape index (κ2) is 3.83. The van der Waals surface area contributed by atoms with Gasteiger partial charge < -0.3 is 9.67 Å². The number of carboxylic acid groups (broad SMARTS) is 1. The van der Waals surface area contributed by atoms with Gasteiger partial charge in [0.1, 0.15) is 5.82 Å². The molecule has 0 aliphatic heterocycles. The number of aromatic nitrogens is 2. The van der Waals surface area contributed by atoms with E-state index in [0.29, 0.717) is 11.5 Å². The summed E-state index contributed by atoms with van der Waals surface area (Å²) < 4.78 is 2.27. The predicted octanol–water partition coefficient (Wildman–Crippen LogP) is 3.02. The predicted molar refractivity (Wildman–Crippen MR) is 71.4 cm³/mol. The molecule has 1 aromatic heterocycles. The highest BCUT2D eigenvalue weighted by atomic mass is 16.4. The average Bonchev–Trinajstić information content (AvgIpc) is 3.28. The first-order valence-electron chi connectivity index (χ1n) is 6.96. The van der Waals surface area contributed by atoms with Gasteiger partial charge in [0, 0.05) is 12.5 Å². The molecule has 0 atom stereocenters. The smallest absolute Gasteiger partial charge is 0.335 e. The SMILES string of the molecule is O=C(O)c1ccc2nc(C3CC3)n(CC3CC3)c2c1. The van der Waals surface area contributed by atoms with Crippen molar-refractivity contribution in [2.75, 3.05) is 0 Å². The summed E-state index contributed by atoms with van der Waals surface area (Å²) in [7, 11) is 0. The number of carbonyl (C=O) groups is 1. The van der Waals surface area contributed by atoms with Crippen LogP contribution in [0.5, 0.6) is 0 Å². The largest absolute Gasteiger partial charge is 0.478 e. The molecule has 4 rings (SSSR count). The van der Waals surface area contributed by atoms with E-state index in [-0.39, 0.29) is 0 Å². The minimum atomic E-state index is -0.867. The van der Waals surface area contributed by atoms with E-state index in [9.17, 15) is 4.79 Å². The summed E-state index contributed by atoms with van der Waals surface area (Å²) in [5.74, 6) is 1.67. The maximum absolute atomic E-state index is 11.1. The molecule has 0 saturated heterocycles. The number of imidazole rings is 1. The molecule has 0 unspecified atom stereocenters. The Kier molecular flexibility index (Phi) is 2.22. The fraction of sp³-hybridized carbons (Fsp3) is 0.467. The number of aromatic carboxylic acids is 1. The first kappa shape index (κ1) is 11.0. The van der Waals surface area contributed by atoms with Gasteiger partial charge in [-0.2, -0.15) is 0 Å². The third-order valence-corrected chi connectivity index (χ3v) is 4.10. The van der Waals surface area contributed by atoms with Crippen LogP contribution in [-0.2, 0) is 6.54 Å². The number of fused-ring (bicyclic) bond motifs is 1. The summed E-state index contributed by atoms with van der Waals surface area (Å²) in [4.78, 5) is 15.8. The quantitative estimate of drug-likeness (QED) is 0.914. The Morgan fingerprint density at radius 1 is 1.32 bits per heavy atom. The monoisotopic (exact) mass is 256 g/mol. The Balaban J connectivity index is 1.87. The summed E-state index contributed by atoms with van der Waals surface area (Å²) in [6.07, 6.45) is 5.03. The van der Waals surface area contributed by atoms with E-state index in [4.69, 9.17) is 10.1 Å². The van der Waals surface area contributed by atoms with Crippen LogP contribution in [0.2, 0.25) is 0 Å². The van der Waals surface area contributed by atoms with Crippen molar-refractivity contribution in [2.45, 2.75) is 38.1 Å². The topological polar surface area (TPSA) is 55.1 Å². The molecular formula is C15H16N2O2. The highest BCUT2D eigenvalue weighted by Gasteiger charge is 2.32. The third-order valence-electron chi connectivity index (χ3n) is 4.10. The van der Waals surface area contributed by atoms with E-state index in [2.05, 4.69) is 4.57 Å². The van der Waals surface area contributed by atoms with Crippen LogP contribution in [-0.4, -0.2) is 20.6 Å². The van der Waals surface area contributed by atoms with Crippen molar-refractivity contribution in [2.24, 2.45) is 5.92 Å². The van der Waals surface area contributed by atoms with Gasteiger partial charge in [-0.25, -0.2) is 9.78 Å². The van der Waals surface area contributed by atoms with Crippen molar-refractivity contribution in [3.63, 3.8) is 0 Å². The van der Waals surface area contributed by atoms with Gasteiger partial charge in [0.25, 0.3) is 0 Å². The fourth-order valence-electron chi connectivity index (χ4n) is 2.68. The van der Waals surface area contributed by atoms with Gasteiger partial charge in [-0.3, -0.25) is 0 Å². The molecule has 2 aliphatic carbocycles. The van der Waals surface area contributed by atoms with Crippen molar-refractivity contribution in [3.05, 3.63) is 29.6 Å². The van der Waals surface area contributed by atoms with Crippen molar-refractivity contribution < 1.29 is 9.90 Å². The number of hydrogen-bond donors (Lipinski definition) is 1. The maximum atomic E-state index is 11.1. The minimum absolute atomic E-state index is 0.354. The Morgan fingerprint density at radius 3 is 2.74 bits per heavy atom. The van der Waals surface area contributed by atoms with Crippen molar-refractivity contribution >= 4 is 17.0 Å². The van der Waals surface area contributed by atoms with Gasteiger partial charge in [-0.1, -0.05) is 0 Å². The third kappa shape index (κ3) is 1.91. The van der Waals surface area contributed by atoms with Crippen LogP contribution in [0.25, 0.3) is 11.0 Å². The second-order valence-corrected chi connectivity index (χ2v) is 5.81. The standard InChI is InChI=1S/C15H16N2O2/c18-15(19)11-5-6-12-13(7-11)17(8-9-1-2-9)14(16-12)10-3-4-10/h5-7,9-10H,1-4,8H2,(H,18,19). The van der Waals surface area contributed by atoms with Crippen molar-refractivity contribution in [3.8, 4) is 0 Å². The summed E-state index contributed by atoms with van der Waals surface area (Å²) in [6.45, 7) is 1.01. The van der Waals surface area contributed by atoms with E-state index in [1.807, 2.05) is 6.07 Å². The van der Waals surface area contributed by atoms with Crippen molar-refractivity contribution in [1.29, 1.82) is 0 Å². The normalized spacial score (nSPS) is 18.9. The lowest BCUT2D eigenvalue weighted by atomic mass is 10.2. The molecule has 4 nitrogen and oxygen atoms in total. The second-order valence-electron chi connectivity index (χ2n) is 5.81. The van der Waals surface area contributed by atoms with Crippen LogP contribution >= 0.6 is 0 Å². The van der Waals surface area contributed by atoms with Crippen LogP contribution in [0.15, 0.2) is 18.2 Å². The molecule has 2 fully saturated rings. The molecule has 1 heterocycles. The molecule has 2 aromatic rings. The van der Waals surface area contributed by atoms with Crippen LogP contribution < -0.4 is 0 Å². The summed E-state index contributed by atoms with van der Waals surface area (Å²) in [5.41, 5.74) is 2.29. The molecule has 0 amide bonds. The number of benzene rings is 1. The maximum Gasteiger partial charge on any atom is 0.335 e. The molecule has 0 bridgehead atoms. The van der Waals surface area contributed by atoms with Gasteiger partial charge in [-0.05, 0) is 49.8 Å². The Labute approximate surface area is 111 Å². The van der Waals surface area contributed by atoms with Gasteiger partial charge >= 0.3 is 5.97 Å². The lowest BCUT2D eigenvalue weighted by Gasteiger charge is -2.07.